The van der Waals surface area contributed by atoms with Crippen molar-refractivity contribution in [2.75, 3.05) is 33.9 Å². The summed E-state index contributed by atoms with van der Waals surface area (Å²) < 4.78 is 16.5. The van der Waals surface area contributed by atoms with Crippen LogP contribution in [0.1, 0.15) is 31.7 Å². The molecule has 0 radical (unpaired) electrons. The van der Waals surface area contributed by atoms with Gasteiger partial charge in [0.2, 0.25) is 5.88 Å². The summed E-state index contributed by atoms with van der Waals surface area (Å²) in [4.78, 5) is 22.7. The van der Waals surface area contributed by atoms with Gasteiger partial charge >= 0.3 is 5.97 Å². The lowest BCUT2D eigenvalue weighted by Gasteiger charge is -2.33. The SMILES string of the molecule is CCCOc1ccc(Oc2ncccc2CNC(=NC)N2CCC(C(=O)OC)CC2)cc1.I. The number of likely N-dealkylation sites (tertiary alicyclic amines) is 1. The van der Waals surface area contributed by atoms with Gasteiger partial charge in [0, 0.05) is 38.4 Å². The van der Waals surface area contributed by atoms with Crippen LogP contribution in [-0.2, 0) is 16.1 Å². The number of benzene rings is 1. The Morgan fingerprint density at radius 1 is 1.18 bits per heavy atom. The minimum absolute atomic E-state index is 0. The molecule has 2 aromatic rings. The highest BCUT2D eigenvalue weighted by molar-refractivity contribution is 14.0. The van der Waals surface area contributed by atoms with Crippen LogP contribution in [0.4, 0.5) is 0 Å². The van der Waals surface area contributed by atoms with Crippen LogP contribution in [0.5, 0.6) is 17.4 Å². The van der Waals surface area contributed by atoms with Gasteiger partial charge < -0.3 is 24.4 Å². The number of piperidine rings is 1. The van der Waals surface area contributed by atoms with E-state index in [1.54, 1.807) is 13.2 Å². The van der Waals surface area contributed by atoms with Crippen molar-refractivity contribution in [2.24, 2.45) is 10.9 Å². The number of aliphatic imine (C=N–C) groups is 1. The second-order valence-electron chi connectivity index (χ2n) is 7.57. The number of methoxy groups -OCH3 is 1. The Kier molecular flexibility index (Phi) is 11.2. The molecule has 180 valence electrons. The molecule has 8 nitrogen and oxygen atoms in total. The number of rotatable bonds is 8. The van der Waals surface area contributed by atoms with Crippen molar-refractivity contribution in [3.05, 3.63) is 48.2 Å². The molecule has 1 N–H and O–H groups in total. The Bertz CT molecular complexity index is 900. The van der Waals surface area contributed by atoms with E-state index in [0.717, 1.165) is 49.6 Å². The number of ether oxygens (including phenoxy) is 3. The van der Waals surface area contributed by atoms with Crippen molar-refractivity contribution in [2.45, 2.75) is 32.7 Å². The first-order valence-corrected chi connectivity index (χ1v) is 11.0. The molecule has 1 aromatic carbocycles. The van der Waals surface area contributed by atoms with Crippen LogP contribution in [0.2, 0.25) is 0 Å². The number of aromatic nitrogens is 1. The molecule has 1 saturated heterocycles. The van der Waals surface area contributed by atoms with Crippen LogP contribution in [0.15, 0.2) is 47.6 Å². The fourth-order valence-electron chi connectivity index (χ4n) is 3.59. The number of hydrogen-bond donors (Lipinski definition) is 1. The van der Waals surface area contributed by atoms with Crippen LogP contribution < -0.4 is 14.8 Å². The van der Waals surface area contributed by atoms with Gasteiger partial charge in [-0.2, -0.15) is 0 Å². The maximum Gasteiger partial charge on any atom is 0.308 e. The van der Waals surface area contributed by atoms with E-state index in [0.29, 0.717) is 24.8 Å². The van der Waals surface area contributed by atoms with E-state index in [9.17, 15) is 4.79 Å². The van der Waals surface area contributed by atoms with Crippen LogP contribution in [-0.4, -0.2) is 55.7 Å². The Morgan fingerprint density at radius 3 is 2.52 bits per heavy atom. The van der Waals surface area contributed by atoms with Crippen molar-refractivity contribution in [3.63, 3.8) is 0 Å². The lowest BCUT2D eigenvalue weighted by atomic mass is 9.97. The second kappa shape index (κ2) is 13.9. The lowest BCUT2D eigenvalue weighted by molar-refractivity contribution is -0.146. The van der Waals surface area contributed by atoms with E-state index in [1.807, 2.05) is 36.4 Å². The first kappa shape index (κ1) is 26.7. The zero-order valence-corrected chi connectivity index (χ0v) is 21.8. The van der Waals surface area contributed by atoms with Gasteiger partial charge in [0.05, 0.1) is 19.6 Å². The molecule has 33 heavy (non-hydrogen) atoms. The summed E-state index contributed by atoms with van der Waals surface area (Å²) in [5.41, 5.74) is 0.921. The number of hydrogen-bond acceptors (Lipinski definition) is 6. The van der Waals surface area contributed by atoms with Crippen molar-refractivity contribution >= 4 is 35.9 Å². The third kappa shape index (κ3) is 7.76. The summed E-state index contributed by atoms with van der Waals surface area (Å²) in [6.07, 6.45) is 4.19. The number of guanidine groups is 1. The molecule has 0 spiro atoms. The smallest absolute Gasteiger partial charge is 0.308 e. The van der Waals surface area contributed by atoms with E-state index < -0.39 is 0 Å². The third-order valence-electron chi connectivity index (χ3n) is 5.34. The number of esters is 1. The van der Waals surface area contributed by atoms with Gasteiger partial charge in [0.1, 0.15) is 11.5 Å². The highest BCUT2D eigenvalue weighted by Crippen LogP contribution is 2.25. The molecule has 3 rings (SSSR count). The summed E-state index contributed by atoms with van der Waals surface area (Å²) in [5.74, 6) is 2.69. The van der Waals surface area contributed by atoms with Gasteiger partial charge in [-0.05, 0) is 49.6 Å². The van der Waals surface area contributed by atoms with Gasteiger partial charge in [0.15, 0.2) is 5.96 Å². The lowest BCUT2D eigenvalue weighted by Crippen LogP contribution is -2.46. The maximum atomic E-state index is 11.8. The fraction of sp³-hybridized carbons (Fsp3) is 0.458. The van der Waals surface area contributed by atoms with E-state index in [2.05, 4.69) is 27.1 Å². The topological polar surface area (TPSA) is 85.3 Å². The molecule has 0 amide bonds. The van der Waals surface area contributed by atoms with E-state index in [1.165, 1.54) is 7.11 Å². The first-order valence-electron chi connectivity index (χ1n) is 11.0. The minimum Gasteiger partial charge on any atom is -0.494 e. The molecule has 2 heterocycles. The van der Waals surface area contributed by atoms with Gasteiger partial charge in [-0.3, -0.25) is 9.79 Å². The summed E-state index contributed by atoms with van der Waals surface area (Å²) in [6.45, 7) is 4.79. The fourth-order valence-corrected chi connectivity index (χ4v) is 3.59. The Balaban J connectivity index is 0.00000385. The molecule has 0 atom stereocenters. The number of nitrogens with one attached hydrogen (secondary N) is 1. The summed E-state index contributed by atoms with van der Waals surface area (Å²) in [5, 5.41) is 3.39. The number of nitrogens with zero attached hydrogens (tertiary/aromatic N) is 3. The van der Waals surface area contributed by atoms with Crippen molar-refractivity contribution in [3.8, 4) is 17.4 Å². The number of carbonyl (C=O) groups is 1. The molecule has 1 aromatic heterocycles. The van der Waals surface area contributed by atoms with Crippen LogP contribution in [0.25, 0.3) is 0 Å². The van der Waals surface area contributed by atoms with Gasteiger partial charge in [-0.1, -0.05) is 13.0 Å². The average Bonchev–Trinajstić information content (AvgIpc) is 2.84. The molecular formula is C24H33IN4O4. The standard InChI is InChI=1S/C24H32N4O4.HI/c1-4-16-31-20-7-9-21(10-8-20)32-22-19(6-5-13-26-22)17-27-24(25-2)28-14-11-18(12-15-28)23(29)30-3;/h5-10,13,18H,4,11-12,14-17H2,1-3H3,(H,25,27);1H. The molecule has 0 saturated carbocycles. The van der Waals surface area contributed by atoms with Gasteiger partial charge in [-0.25, -0.2) is 4.98 Å². The molecule has 0 aliphatic carbocycles. The molecular weight excluding hydrogens is 535 g/mol. The van der Waals surface area contributed by atoms with E-state index >= 15 is 0 Å². The molecule has 0 bridgehead atoms. The average molecular weight is 568 g/mol. The Morgan fingerprint density at radius 2 is 1.88 bits per heavy atom. The summed E-state index contributed by atoms with van der Waals surface area (Å²) in [6, 6.07) is 11.4. The monoisotopic (exact) mass is 568 g/mol. The normalized spacial score (nSPS) is 14.3. The Hall–Kier alpha value is -2.56. The highest BCUT2D eigenvalue weighted by atomic mass is 127. The van der Waals surface area contributed by atoms with Crippen molar-refractivity contribution < 1.29 is 19.0 Å². The zero-order chi connectivity index (χ0) is 22.8. The Labute approximate surface area is 212 Å². The van der Waals surface area contributed by atoms with E-state index in [4.69, 9.17) is 14.2 Å². The summed E-state index contributed by atoms with van der Waals surface area (Å²) >= 11 is 0. The van der Waals surface area contributed by atoms with Gasteiger partial charge in [-0.15, -0.1) is 24.0 Å². The van der Waals surface area contributed by atoms with E-state index in [-0.39, 0.29) is 35.9 Å². The number of pyridine rings is 1. The molecule has 1 aliphatic rings. The number of carbonyl (C=O) groups excluding carboxylic acids is 1. The highest BCUT2D eigenvalue weighted by Gasteiger charge is 2.27. The second-order valence-corrected chi connectivity index (χ2v) is 7.57. The zero-order valence-electron chi connectivity index (χ0n) is 19.5. The minimum atomic E-state index is -0.130. The maximum absolute atomic E-state index is 11.8. The first-order chi connectivity index (χ1) is 15.6. The molecule has 1 fully saturated rings. The third-order valence-corrected chi connectivity index (χ3v) is 5.34. The molecule has 1 aliphatic heterocycles. The molecule has 0 unspecified atom stereocenters. The number of halogens is 1. The van der Waals surface area contributed by atoms with Crippen LogP contribution in [0, 0.1) is 5.92 Å². The molecule has 9 heteroatoms. The quantitative estimate of drug-likeness (QED) is 0.221. The van der Waals surface area contributed by atoms with Crippen LogP contribution >= 0.6 is 24.0 Å². The van der Waals surface area contributed by atoms with Crippen molar-refractivity contribution in [1.29, 1.82) is 0 Å². The van der Waals surface area contributed by atoms with Crippen molar-refractivity contribution in [1.82, 2.24) is 15.2 Å². The predicted molar refractivity (Wildman–Crippen MR) is 138 cm³/mol. The predicted octanol–water partition coefficient (Wildman–Crippen LogP) is 4.24. The largest absolute Gasteiger partial charge is 0.494 e. The summed E-state index contributed by atoms with van der Waals surface area (Å²) in [7, 11) is 3.20. The van der Waals surface area contributed by atoms with Gasteiger partial charge in [0.25, 0.3) is 0 Å². The van der Waals surface area contributed by atoms with Crippen LogP contribution in [0.3, 0.4) is 0 Å².